The molecule has 1 atom stereocenters. The Morgan fingerprint density at radius 2 is 1.83 bits per heavy atom. The molecule has 1 fully saturated rings. The van der Waals surface area contributed by atoms with E-state index in [0.717, 1.165) is 11.1 Å². The van der Waals surface area contributed by atoms with E-state index < -0.39 is 11.9 Å². The molecule has 1 aliphatic heterocycles. The normalized spacial score (nSPS) is 14.8. The molecular weight excluding hydrogens is 392 g/mol. The predicted molar refractivity (Wildman–Crippen MR) is 113 cm³/mol. The second-order valence-electron chi connectivity index (χ2n) is 6.77. The molecule has 7 nitrogen and oxygen atoms in total. The molecule has 0 bridgehead atoms. The Morgan fingerprint density at radius 3 is 2.55 bits per heavy atom. The molecule has 1 unspecified atom stereocenters. The number of morpholine rings is 1. The van der Waals surface area contributed by atoms with Crippen LogP contribution in [0.25, 0.3) is 0 Å². The molecule has 29 heavy (non-hydrogen) atoms. The van der Waals surface area contributed by atoms with Crippen molar-refractivity contribution in [3.05, 3.63) is 64.7 Å². The first-order valence-corrected chi connectivity index (χ1v) is 9.90. The van der Waals surface area contributed by atoms with Crippen molar-refractivity contribution in [3.63, 3.8) is 0 Å². The molecular formula is C21H25ClN4O3. The van der Waals surface area contributed by atoms with Crippen LogP contribution >= 0.6 is 11.6 Å². The fraction of sp³-hybridized carbons (Fsp3) is 0.333. The maximum Gasteiger partial charge on any atom is 0.333 e. The lowest BCUT2D eigenvalue weighted by atomic mass is 9.97. The van der Waals surface area contributed by atoms with Crippen LogP contribution in [0.5, 0.6) is 0 Å². The fourth-order valence-electron chi connectivity index (χ4n) is 3.14. The molecule has 0 aliphatic carbocycles. The number of carbonyl (C=O) groups excluding carboxylic acids is 2. The number of ether oxygens (including phenoxy) is 1. The van der Waals surface area contributed by atoms with Gasteiger partial charge in [0.1, 0.15) is 0 Å². The van der Waals surface area contributed by atoms with Crippen LogP contribution in [-0.2, 0) is 9.53 Å². The van der Waals surface area contributed by atoms with Crippen LogP contribution in [-0.4, -0.2) is 49.7 Å². The van der Waals surface area contributed by atoms with Crippen molar-refractivity contribution in [3.8, 4) is 0 Å². The first-order chi connectivity index (χ1) is 14.1. The van der Waals surface area contributed by atoms with Crippen molar-refractivity contribution in [1.82, 2.24) is 15.6 Å². The smallest absolute Gasteiger partial charge is 0.333 e. The Morgan fingerprint density at radius 1 is 1.10 bits per heavy atom. The zero-order valence-electron chi connectivity index (χ0n) is 16.3. The highest BCUT2D eigenvalue weighted by Crippen LogP contribution is 2.22. The van der Waals surface area contributed by atoms with Gasteiger partial charge in [0.05, 0.1) is 24.8 Å². The van der Waals surface area contributed by atoms with E-state index in [9.17, 15) is 9.59 Å². The Labute approximate surface area is 175 Å². The van der Waals surface area contributed by atoms with Gasteiger partial charge in [-0.25, -0.2) is 4.79 Å². The molecule has 0 radical (unpaired) electrons. The summed E-state index contributed by atoms with van der Waals surface area (Å²) >= 11 is 6.09. The van der Waals surface area contributed by atoms with Crippen LogP contribution in [0.2, 0.25) is 5.02 Å². The van der Waals surface area contributed by atoms with Gasteiger partial charge in [-0.15, -0.1) is 0 Å². The molecule has 3 amide bonds. The van der Waals surface area contributed by atoms with Crippen LogP contribution in [0.1, 0.15) is 17.0 Å². The summed E-state index contributed by atoms with van der Waals surface area (Å²) in [4.78, 5) is 27.1. The maximum atomic E-state index is 13.0. The summed E-state index contributed by atoms with van der Waals surface area (Å²) in [5.74, 6) is -0.480. The second kappa shape index (κ2) is 10.1. The summed E-state index contributed by atoms with van der Waals surface area (Å²) in [7, 11) is 0. The van der Waals surface area contributed by atoms with Gasteiger partial charge in [-0.2, -0.15) is 0 Å². The van der Waals surface area contributed by atoms with Crippen LogP contribution in [0.4, 0.5) is 10.5 Å². The molecule has 3 N–H and O–H groups in total. The van der Waals surface area contributed by atoms with Crippen LogP contribution in [0.3, 0.4) is 0 Å². The van der Waals surface area contributed by atoms with E-state index in [1.54, 1.807) is 17.0 Å². The first kappa shape index (κ1) is 21.0. The zero-order valence-corrected chi connectivity index (χ0v) is 17.0. The van der Waals surface area contributed by atoms with Gasteiger partial charge >= 0.3 is 6.03 Å². The number of rotatable bonds is 6. The molecule has 0 aromatic heterocycles. The Balaban J connectivity index is 1.61. The molecule has 2 aromatic carbocycles. The van der Waals surface area contributed by atoms with E-state index >= 15 is 0 Å². The topological polar surface area (TPSA) is 82.7 Å². The Bertz CT molecular complexity index is 841. The van der Waals surface area contributed by atoms with Crippen LogP contribution < -0.4 is 16.2 Å². The van der Waals surface area contributed by atoms with Gasteiger partial charge in [-0.05, 0) is 30.2 Å². The average Bonchev–Trinajstić information content (AvgIpc) is 2.76. The van der Waals surface area contributed by atoms with Crippen LogP contribution in [0, 0.1) is 6.92 Å². The lowest BCUT2D eigenvalue weighted by molar-refractivity contribution is -0.136. The highest BCUT2D eigenvalue weighted by atomic mass is 35.5. The standard InChI is InChI=1S/C21H25ClN4O3/c1-15-18(22)8-5-9-19(15)24-25-21(28)23-14-17(16-6-3-2-4-7-16)20(27)26-10-12-29-13-11-26/h2-9,17,24H,10-14H2,1H3,(H2,23,25,28). The van der Waals surface area contributed by atoms with Gasteiger partial charge in [0.15, 0.2) is 0 Å². The number of nitrogens with zero attached hydrogens (tertiary/aromatic N) is 1. The predicted octanol–water partition coefficient (Wildman–Crippen LogP) is 2.92. The fourth-order valence-corrected chi connectivity index (χ4v) is 3.32. The largest absolute Gasteiger partial charge is 0.378 e. The third-order valence-corrected chi connectivity index (χ3v) is 5.28. The molecule has 154 valence electrons. The third-order valence-electron chi connectivity index (χ3n) is 4.87. The number of nitrogens with one attached hydrogen (secondary N) is 3. The summed E-state index contributed by atoms with van der Waals surface area (Å²) in [6, 6.07) is 14.4. The summed E-state index contributed by atoms with van der Waals surface area (Å²) in [5.41, 5.74) is 7.84. The van der Waals surface area contributed by atoms with Gasteiger partial charge in [0, 0.05) is 24.7 Å². The molecule has 0 saturated carbocycles. The lowest BCUT2D eigenvalue weighted by Crippen LogP contribution is -2.47. The molecule has 1 aliphatic rings. The molecule has 8 heteroatoms. The lowest BCUT2D eigenvalue weighted by Gasteiger charge is -2.30. The minimum absolute atomic E-state index is 0.0153. The number of hydrogen-bond acceptors (Lipinski definition) is 4. The van der Waals surface area contributed by atoms with Gasteiger partial charge < -0.3 is 15.0 Å². The number of amides is 3. The molecule has 0 spiro atoms. The number of hydrogen-bond donors (Lipinski definition) is 3. The number of hydrazine groups is 1. The van der Waals surface area contributed by atoms with Crippen molar-refractivity contribution in [2.75, 3.05) is 38.3 Å². The molecule has 1 saturated heterocycles. The van der Waals surface area contributed by atoms with E-state index in [1.807, 2.05) is 43.3 Å². The summed E-state index contributed by atoms with van der Waals surface area (Å²) in [6.45, 7) is 4.22. The van der Waals surface area contributed by atoms with E-state index in [4.69, 9.17) is 16.3 Å². The zero-order chi connectivity index (χ0) is 20.6. The molecule has 3 rings (SSSR count). The maximum absolute atomic E-state index is 13.0. The van der Waals surface area contributed by atoms with E-state index in [1.165, 1.54) is 0 Å². The summed E-state index contributed by atoms with van der Waals surface area (Å²) in [5, 5.41) is 3.39. The minimum Gasteiger partial charge on any atom is -0.378 e. The quantitative estimate of drug-likeness (QED) is 0.632. The average molecular weight is 417 g/mol. The number of halogens is 1. The number of benzene rings is 2. The highest BCUT2D eigenvalue weighted by molar-refractivity contribution is 6.31. The van der Waals surface area contributed by atoms with Gasteiger partial charge in [-0.1, -0.05) is 48.0 Å². The summed E-state index contributed by atoms with van der Waals surface area (Å²) < 4.78 is 5.33. The molecule has 2 aromatic rings. The van der Waals surface area contributed by atoms with Crippen molar-refractivity contribution in [1.29, 1.82) is 0 Å². The van der Waals surface area contributed by atoms with Crippen molar-refractivity contribution in [2.45, 2.75) is 12.8 Å². The van der Waals surface area contributed by atoms with Crippen LogP contribution in [0.15, 0.2) is 48.5 Å². The van der Waals surface area contributed by atoms with Crippen molar-refractivity contribution < 1.29 is 14.3 Å². The van der Waals surface area contributed by atoms with E-state index in [-0.39, 0.29) is 12.5 Å². The SMILES string of the molecule is Cc1c(Cl)cccc1NNC(=O)NCC(C(=O)N1CCOCC1)c1ccccc1. The van der Waals surface area contributed by atoms with E-state index in [2.05, 4.69) is 16.2 Å². The highest BCUT2D eigenvalue weighted by Gasteiger charge is 2.27. The minimum atomic E-state index is -0.465. The van der Waals surface area contributed by atoms with Gasteiger partial charge in [-0.3, -0.25) is 15.6 Å². The second-order valence-corrected chi connectivity index (χ2v) is 7.18. The van der Waals surface area contributed by atoms with Crippen molar-refractivity contribution >= 4 is 29.2 Å². The van der Waals surface area contributed by atoms with Gasteiger partial charge in [0.2, 0.25) is 5.91 Å². The Kier molecular flexibility index (Phi) is 7.32. The number of carbonyl (C=O) groups is 2. The Hall–Kier alpha value is -2.77. The first-order valence-electron chi connectivity index (χ1n) is 9.52. The summed E-state index contributed by atoms with van der Waals surface area (Å²) in [6.07, 6.45) is 0. The third kappa shape index (κ3) is 5.62. The van der Waals surface area contributed by atoms with E-state index in [0.29, 0.717) is 37.0 Å². The number of urea groups is 1. The number of anilines is 1. The van der Waals surface area contributed by atoms with Gasteiger partial charge in [0.25, 0.3) is 0 Å². The van der Waals surface area contributed by atoms with Crippen molar-refractivity contribution in [2.24, 2.45) is 0 Å². The molecule has 1 heterocycles. The monoisotopic (exact) mass is 416 g/mol.